The second-order valence-corrected chi connectivity index (χ2v) is 11.1. The molecule has 4 aliphatic rings. The van der Waals surface area contributed by atoms with Crippen LogP contribution in [0.4, 0.5) is 0 Å². The molecule has 5 rings (SSSR count). The van der Waals surface area contributed by atoms with Gasteiger partial charge in [-0.2, -0.15) is 4.91 Å². The zero-order valence-electron chi connectivity index (χ0n) is 18.4. The third-order valence-electron chi connectivity index (χ3n) is 9.44. The third kappa shape index (κ3) is 2.63. The van der Waals surface area contributed by atoms with Gasteiger partial charge in [0, 0.05) is 11.0 Å². The maximum Gasteiger partial charge on any atom is 0.312 e. The molecule has 1 N–H and O–H groups in total. The van der Waals surface area contributed by atoms with Gasteiger partial charge in [0.15, 0.2) is 0 Å². The molecule has 5 atom stereocenters. The Morgan fingerprint density at radius 2 is 1.90 bits per heavy atom. The number of rotatable bonds is 2. The molecule has 3 fully saturated rings. The van der Waals surface area contributed by atoms with Crippen molar-refractivity contribution in [1.29, 1.82) is 0 Å². The molecule has 1 saturated heterocycles. The molecule has 3 unspecified atom stereocenters. The standard InChI is InChI=1S/C25H33NO4/c1-23(2)10-11-25(30-22(23)28)9-7-20-18-5-4-15-13-21(27)16(14-26-29)12-19(15)17(18)6-8-24(20,25)3/h12-13,17-18,20,27H,4-11,14H2,1-3H3/t17?,18?,20?,24-,25+/m0/s1. The maximum absolute atomic E-state index is 12.8. The lowest BCUT2D eigenvalue weighted by atomic mass is 9.52. The first-order valence-corrected chi connectivity index (χ1v) is 11.6. The SMILES string of the molecule is CC1(C)CC[C@@]2(CCC3C4CCc5cc(O)c(CN=O)cc5C4CC[C@@]32C)OC1=O. The van der Waals surface area contributed by atoms with Gasteiger partial charge in [-0.3, -0.25) is 4.79 Å². The highest BCUT2D eigenvalue weighted by Gasteiger charge is 2.65. The number of nitroso groups, excluding NO2 is 1. The van der Waals surface area contributed by atoms with Crippen LogP contribution in [-0.4, -0.2) is 16.7 Å². The first-order valence-electron chi connectivity index (χ1n) is 11.6. The Labute approximate surface area is 178 Å². The Bertz CT molecular complexity index is 909. The molecule has 5 heteroatoms. The number of aryl methyl sites for hydroxylation is 1. The van der Waals surface area contributed by atoms with E-state index in [0.717, 1.165) is 51.4 Å². The summed E-state index contributed by atoms with van der Waals surface area (Å²) < 4.78 is 6.32. The van der Waals surface area contributed by atoms with Crippen molar-refractivity contribution in [2.75, 3.05) is 0 Å². The molecule has 1 spiro atoms. The molecule has 1 heterocycles. The van der Waals surface area contributed by atoms with E-state index in [9.17, 15) is 14.8 Å². The van der Waals surface area contributed by atoms with Crippen molar-refractivity contribution < 1.29 is 14.6 Å². The molecule has 1 aromatic carbocycles. The fraction of sp³-hybridized carbons (Fsp3) is 0.720. The highest BCUT2D eigenvalue weighted by molar-refractivity contribution is 5.77. The summed E-state index contributed by atoms with van der Waals surface area (Å²) >= 11 is 0. The van der Waals surface area contributed by atoms with Crippen LogP contribution < -0.4 is 0 Å². The van der Waals surface area contributed by atoms with Gasteiger partial charge >= 0.3 is 5.97 Å². The maximum atomic E-state index is 12.8. The lowest BCUT2D eigenvalue weighted by Crippen LogP contribution is -2.56. The monoisotopic (exact) mass is 411 g/mol. The number of aromatic hydroxyl groups is 1. The highest BCUT2D eigenvalue weighted by atomic mass is 16.6. The number of phenolic OH excluding ortho intramolecular Hbond substituents is 1. The van der Waals surface area contributed by atoms with Crippen molar-refractivity contribution in [2.24, 2.45) is 27.8 Å². The van der Waals surface area contributed by atoms with Crippen LogP contribution in [0.1, 0.15) is 88.3 Å². The van der Waals surface area contributed by atoms with E-state index in [4.69, 9.17) is 4.74 Å². The predicted molar refractivity (Wildman–Crippen MR) is 114 cm³/mol. The highest BCUT2D eigenvalue weighted by Crippen LogP contribution is 2.67. The lowest BCUT2D eigenvalue weighted by molar-refractivity contribution is -0.206. The Hall–Kier alpha value is -1.91. The Kier molecular flexibility index (Phi) is 4.37. The second-order valence-electron chi connectivity index (χ2n) is 11.1. The van der Waals surface area contributed by atoms with Crippen molar-refractivity contribution in [3.05, 3.63) is 33.7 Å². The van der Waals surface area contributed by atoms with Gasteiger partial charge in [-0.25, -0.2) is 0 Å². The Morgan fingerprint density at radius 1 is 1.10 bits per heavy atom. The van der Waals surface area contributed by atoms with Gasteiger partial charge in [-0.1, -0.05) is 12.1 Å². The average Bonchev–Trinajstić information content (AvgIpc) is 2.98. The van der Waals surface area contributed by atoms with E-state index in [1.807, 2.05) is 26.0 Å². The van der Waals surface area contributed by atoms with Gasteiger partial charge in [0.05, 0.1) is 5.41 Å². The second kappa shape index (κ2) is 6.54. The molecule has 3 aliphatic carbocycles. The zero-order valence-corrected chi connectivity index (χ0v) is 18.4. The molecule has 30 heavy (non-hydrogen) atoms. The molecule has 1 aliphatic heterocycles. The van der Waals surface area contributed by atoms with Crippen molar-refractivity contribution in [3.63, 3.8) is 0 Å². The van der Waals surface area contributed by atoms with Gasteiger partial charge in [0.1, 0.15) is 17.9 Å². The van der Waals surface area contributed by atoms with Gasteiger partial charge < -0.3 is 9.84 Å². The summed E-state index contributed by atoms with van der Waals surface area (Å²) in [4.78, 5) is 23.6. The number of ether oxygens (including phenoxy) is 1. The number of benzene rings is 1. The van der Waals surface area contributed by atoms with Crippen molar-refractivity contribution in [3.8, 4) is 5.75 Å². The summed E-state index contributed by atoms with van der Waals surface area (Å²) in [6, 6.07) is 3.90. The van der Waals surface area contributed by atoms with Gasteiger partial charge in [0.25, 0.3) is 0 Å². The summed E-state index contributed by atoms with van der Waals surface area (Å²) in [5.41, 5.74) is 2.56. The third-order valence-corrected chi connectivity index (χ3v) is 9.44. The van der Waals surface area contributed by atoms with Crippen LogP contribution >= 0.6 is 0 Å². The number of fused-ring (bicyclic) bond motifs is 6. The molecule has 0 radical (unpaired) electrons. The van der Waals surface area contributed by atoms with E-state index in [1.165, 1.54) is 11.1 Å². The van der Waals surface area contributed by atoms with E-state index < -0.39 is 0 Å². The molecular formula is C25H33NO4. The fourth-order valence-electron chi connectivity index (χ4n) is 7.51. The topological polar surface area (TPSA) is 76.0 Å². The van der Waals surface area contributed by atoms with E-state index in [0.29, 0.717) is 23.3 Å². The average molecular weight is 412 g/mol. The molecule has 162 valence electrons. The van der Waals surface area contributed by atoms with E-state index in [1.54, 1.807) is 0 Å². The smallest absolute Gasteiger partial charge is 0.312 e. The molecule has 0 bridgehead atoms. The minimum atomic E-state index is -0.369. The zero-order chi connectivity index (χ0) is 21.3. The number of hydrogen-bond donors (Lipinski definition) is 1. The molecular weight excluding hydrogens is 378 g/mol. The molecule has 0 aromatic heterocycles. The van der Waals surface area contributed by atoms with Crippen LogP contribution in [0, 0.1) is 27.6 Å². The van der Waals surface area contributed by atoms with E-state index >= 15 is 0 Å². The first kappa shape index (κ1) is 20.0. The number of hydrogen-bond acceptors (Lipinski definition) is 5. The summed E-state index contributed by atoms with van der Waals surface area (Å²) in [5.74, 6) is 1.77. The molecule has 2 saturated carbocycles. The van der Waals surface area contributed by atoms with Crippen molar-refractivity contribution >= 4 is 5.97 Å². The van der Waals surface area contributed by atoms with Crippen LogP contribution in [0.2, 0.25) is 0 Å². The minimum absolute atomic E-state index is 0.0202. The van der Waals surface area contributed by atoms with Gasteiger partial charge in [0.2, 0.25) is 0 Å². The van der Waals surface area contributed by atoms with Crippen molar-refractivity contribution in [2.45, 2.75) is 90.2 Å². The van der Waals surface area contributed by atoms with Crippen LogP contribution in [0.15, 0.2) is 17.3 Å². The Morgan fingerprint density at radius 3 is 2.63 bits per heavy atom. The number of esters is 1. The number of carbonyl (C=O) groups excluding carboxylic acids is 1. The quantitative estimate of drug-likeness (QED) is 0.506. The summed E-state index contributed by atoms with van der Waals surface area (Å²) in [6.07, 6.45) is 8.23. The normalized spacial score (nSPS) is 39.0. The van der Waals surface area contributed by atoms with E-state index in [-0.39, 0.29) is 34.7 Å². The summed E-state index contributed by atoms with van der Waals surface area (Å²) in [7, 11) is 0. The first-order chi connectivity index (χ1) is 14.2. The minimum Gasteiger partial charge on any atom is -0.508 e. The molecule has 1 aromatic rings. The van der Waals surface area contributed by atoms with E-state index in [2.05, 4.69) is 12.1 Å². The largest absolute Gasteiger partial charge is 0.508 e. The van der Waals surface area contributed by atoms with Crippen LogP contribution in [0.5, 0.6) is 5.75 Å². The number of phenols is 1. The van der Waals surface area contributed by atoms with Crippen LogP contribution in [0.3, 0.4) is 0 Å². The summed E-state index contributed by atoms with van der Waals surface area (Å²) in [5, 5.41) is 13.3. The van der Waals surface area contributed by atoms with Crippen LogP contribution in [-0.2, 0) is 22.5 Å². The van der Waals surface area contributed by atoms with Crippen molar-refractivity contribution in [1.82, 2.24) is 0 Å². The molecule has 0 amide bonds. The lowest BCUT2D eigenvalue weighted by Gasteiger charge is -2.56. The number of carbonyl (C=O) groups is 1. The van der Waals surface area contributed by atoms with Gasteiger partial charge in [-0.05, 0) is 106 Å². The van der Waals surface area contributed by atoms with Gasteiger partial charge in [-0.15, -0.1) is 0 Å². The van der Waals surface area contributed by atoms with Crippen LogP contribution in [0.25, 0.3) is 0 Å². The molecule has 5 nitrogen and oxygen atoms in total. The number of nitrogens with zero attached hydrogens (tertiary/aromatic N) is 1. The fourth-order valence-corrected chi connectivity index (χ4v) is 7.51. The summed E-state index contributed by atoms with van der Waals surface area (Å²) in [6.45, 7) is 6.42. The predicted octanol–water partition coefficient (Wildman–Crippen LogP) is 5.62. The Balaban J connectivity index is 1.47.